The van der Waals surface area contributed by atoms with Crippen molar-refractivity contribution in [3.8, 4) is 0 Å². The first-order valence-corrected chi connectivity index (χ1v) is 7.61. The van der Waals surface area contributed by atoms with Crippen LogP contribution in [0.3, 0.4) is 0 Å². The third-order valence-corrected chi connectivity index (χ3v) is 4.20. The maximum Gasteiger partial charge on any atom is 0.251 e. The van der Waals surface area contributed by atoms with Gasteiger partial charge in [0.2, 0.25) is 5.91 Å². The highest BCUT2D eigenvalue weighted by molar-refractivity contribution is 9.10. The van der Waals surface area contributed by atoms with E-state index < -0.39 is 0 Å². The lowest BCUT2D eigenvalue weighted by molar-refractivity contribution is -0.119. The monoisotopic (exact) mass is 346 g/mol. The maximum absolute atomic E-state index is 12.6. The van der Waals surface area contributed by atoms with Crippen molar-refractivity contribution >= 4 is 27.5 Å². The molecule has 5 heteroatoms. The number of carbonyl (C=O) groups excluding carboxylic acids is 1. The van der Waals surface area contributed by atoms with Gasteiger partial charge in [0, 0.05) is 28.5 Å². The lowest BCUT2D eigenvalue weighted by Crippen LogP contribution is -2.39. The quantitative estimate of drug-likeness (QED) is 0.838. The summed E-state index contributed by atoms with van der Waals surface area (Å²) in [5.74, 6) is -0.0624. The van der Waals surface area contributed by atoms with Gasteiger partial charge in [0.1, 0.15) is 6.54 Å². The zero-order valence-electron chi connectivity index (χ0n) is 11.6. The molecule has 1 aromatic carbocycles. The number of pyridine rings is 1. The van der Waals surface area contributed by atoms with Gasteiger partial charge in [-0.15, -0.1) is 0 Å². The fraction of sp³-hybridized carbons (Fsp3) is 0.250. The average Bonchev–Trinajstić information content (AvgIpc) is 2.78. The lowest BCUT2D eigenvalue weighted by Gasteiger charge is -2.23. The first kappa shape index (κ1) is 14.1. The molecule has 1 unspecified atom stereocenters. The molecule has 3 rings (SSSR count). The Bertz CT molecular complexity index is 754. The van der Waals surface area contributed by atoms with Crippen LogP contribution < -0.4 is 10.5 Å². The molecule has 0 saturated carbocycles. The molecule has 1 amide bonds. The van der Waals surface area contributed by atoms with Gasteiger partial charge in [0.05, 0.1) is 0 Å². The van der Waals surface area contributed by atoms with Crippen LogP contribution in [-0.2, 0) is 17.8 Å². The highest BCUT2D eigenvalue weighted by atomic mass is 79.9. The van der Waals surface area contributed by atoms with E-state index in [1.54, 1.807) is 17.2 Å². The van der Waals surface area contributed by atoms with Crippen molar-refractivity contribution in [1.29, 1.82) is 0 Å². The van der Waals surface area contributed by atoms with Gasteiger partial charge in [-0.25, -0.2) is 0 Å². The number of para-hydroxylation sites is 1. The number of aromatic nitrogens is 1. The number of rotatable bonds is 2. The lowest BCUT2D eigenvalue weighted by atomic mass is 10.1. The van der Waals surface area contributed by atoms with E-state index in [0.717, 1.165) is 16.6 Å². The summed E-state index contributed by atoms with van der Waals surface area (Å²) in [5, 5.41) is 0. The Labute approximate surface area is 131 Å². The predicted octanol–water partition coefficient (Wildman–Crippen LogP) is 2.59. The van der Waals surface area contributed by atoms with E-state index in [-0.39, 0.29) is 24.1 Å². The summed E-state index contributed by atoms with van der Waals surface area (Å²) in [4.78, 5) is 26.2. The first-order chi connectivity index (χ1) is 10.1. The van der Waals surface area contributed by atoms with Crippen LogP contribution in [0.25, 0.3) is 0 Å². The van der Waals surface area contributed by atoms with Crippen molar-refractivity contribution in [2.24, 2.45) is 0 Å². The standard InChI is InChI=1S/C16H15BrN2O2/c1-11-8-12-4-2-3-5-14(12)19(11)16(21)10-18-9-13(17)6-7-15(18)20/h2-7,9,11H,8,10H2,1H3. The van der Waals surface area contributed by atoms with E-state index in [1.165, 1.54) is 16.2 Å². The number of hydrogen-bond donors (Lipinski definition) is 0. The summed E-state index contributed by atoms with van der Waals surface area (Å²) in [6.45, 7) is 2.08. The van der Waals surface area contributed by atoms with Crippen LogP contribution in [-0.4, -0.2) is 16.5 Å². The minimum Gasteiger partial charge on any atom is -0.307 e. The summed E-state index contributed by atoms with van der Waals surface area (Å²) in [6.07, 6.45) is 2.50. The molecular formula is C16H15BrN2O2. The Morgan fingerprint density at radius 2 is 2.05 bits per heavy atom. The van der Waals surface area contributed by atoms with E-state index in [1.807, 2.05) is 31.2 Å². The Hall–Kier alpha value is -1.88. The molecule has 2 aromatic rings. The number of fused-ring (bicyclic) bond motifs is 1. The van der Waals surface area contributed by atoms with Crippen molar-refractivity contribution in [2.45, 2.75) is 25.9 Å². The van der Waals surface area contributed by atoms with Gasteiger partial charge < -0.3 is 9.47 Å². The number of halogens is 1. The topological polar surface area (TPSA) is 42.3 Å². The summed E-state index contributed by atoms with van der Waals surface area (Å²) in [7, 11) is 0. The van der Waals surface area contributed by atoms with Gasteiger partial charge in [-0.1, -0.05) is 18.2 Å². The molecule has 0 spiro atoms. The minimum absolute atomic E-state index is 0.0525. The van der Waals surface area contributed by atoms with E-state index in [2.05, 4.69) is 15.9 Å². The highest BCUT2D eigenvalue weighted by Crippen LogP contribution is 2.31. The summed E-state index contributed by atoms with van der Waals surface area (Å²) in [5.41, 5.74) is 1.96. The van der Waals surface area contributed by atoms with Crippen LogP contribution in [0.15, 0.2) is 51.9 Å². The predicted molar refractivity (Wildman–Crippen MR) is 85.5 cm³/mol. The summed E-state index contributed by atoms with van der Waals surface area (Å²) >= 11 is 3.32. The second-order valence-corrected chi connectivity index (χ2v) is 6.17. The van der Waals surface area contributed by atoms with Crippen molar-refractivity contribution < 1.29 is 4.79 Å². The molecule has 0 aliphatic carbocycles. The molecule has 0 fully saturated rings. The molecule has 21 heavy (non-hydrogen) atoms. The molecule has 1 aromatic heterocycles. The molecule has 2 heterocycles. The normalized spacial score (nSPS) is 16.9. The fourth-order valence-corrected chi connectivity index (χ4v) is 3.17. The molecule has 1 aliphatic rings. The molecule has 1 atom stereocenters. The molecule has 0 N–H and O–H groups in total. The zero-order valence-corrected chi connectivity index (χ0v) is 13.2. The van der Waals surface area contributed by atoms with E-state index in [4.69, 9.17) is 0 Å². The molecule has 0 saturated heterocycles. The SMILES string of the molecule is CC1Cc2ccccc2N1C(=O)Cn1cc(Br)ccc1=O. The van der Waals surface area contributed by atoms with Crippen LogP contribution >= 0.6 is 15.9 Å². The van der Waals surface area contributed by atoms with Crippen LogP contribution in [0, 0.1) is 0 Å². The Kier molecular flexibility index (Phi) is 3.68. The van der Waals surface area contributed by atoms with E-state index >= 15 is 0 Å². The maximum atomic E-state index is 12.6. The Morgan fingerprint density at radius 1 is 1.29 bits per heavy atom. The van der Waals surface area contributed by atoms with Gasteiger partial charge in [-0.05, 0) is 47.0 Å². The highest BCUT2D eigenvalue weighted by Gasteiger charge is 2.30. The number of hydrogen-bond acceptors (Lipinski definition) is 2. The molecule has 4 nitrogen and oxygen atoms in total. The van der Waals surface area contributed by atoms with E-state index in [0.29, 0.717) is 0 Å². The van der Waals surface area contributed by atoms with Crippen LogP contribution in [0.4, 0.5) is 5.69 Å². The number of carbonyl (C=O) groups is 1. The second-order valence-electron chi connectivity index (χ2n) is 5.26. The number of nitrogens with zero attached hydrogens (tertiary/aromatic N) is 2. The minimum atomic E-state index is -0.174. The van der Waals surface area contributed by atoms with Crippen molar-refractivity contribution in [2.75, 3.05) is 4.90 Å². The number of amides is 1. The van der Waals surface area contributed by atoms with Gasteiger partial charge >= 0.3 is 0 Å². The third-order valence-electron chi connectivity index (χ3n) is 3.73. The average molecular weight is 347 g/mol. The van der Waals surface area contributed by atoms with Crippen LogP contribution in [0.1, 0.15) is 12.5 Å². The molecular weight excluding hydrogens is 332 g/mol. The number of benzene rings is 1. The molecule has 108 valence electrons. The Morgan fingerprint density at radius 3 is 2.86 bits per heavy atom. The van der Waals surface area contributed by atoms with Gasteiger partial charge in [-0.3, -0.25) is 9.59 Å². The molecule has 0 radical (unpaired) electrons. The smallest absolute Gasteiger partial charge is 0.251 e. The van der Waals surface area contributed by atoms with E-state index in [9.17, 15) is 9.59 Å². The van der Waals surface area contributed by atoms with Crippen molar-refractivity contribution in [3.63, 3.8) is 0 Å². The third kappa shape index (κ3) is 2.65. The van der Waals surface area contributed by atoms with Gasteiger partial charge in [-0.2, -0.15) is 0 Å². The molecule has 0 bridgehead atoms. The van der Waals surface area contributed by atoms with Gasteiger partial charge in [0.25, 0.3) is 5.56 Å². The van der Waals surface area contributed by atoms with Crippen LogP contribution in [0.5, 0.6) is 0 Å². The summed E-state index contributed by atoms with van der Waals surface area (Å²) < 4.78 is 2.21. The van der Waals surface area contributed by atoms with Crippen LogP contribution in [0.2, 0.25) is 0 Å². The molecule has 1 aliphatic heterocycles. The first-order valence-electron chi connectivity index (χ1n) is 6.82. The summed E-state index contributed by atoms with van der Waals surface area (Å²) in [6, 6.07) is 11.2. The number of anilines is 1. The fourth-order valence-electron chi connectivity index (χ4n) is 2.79. The largest absolute Gasteiger partial charge is 0.307 e. The zero-order chi connectivity index (χ0) is 15.0. The van der Waals surface area contributed by atoms with Crippen molar-refractivity contribution in [1.82, 2.24) is 4.57 Å². The Balaban J connectivity index is 1.89. The van der Waals surface area contributed by atoms with Gasteiger partial charge in [0.15, 0.2) is 0 Å². The second kappa shape index (κ2) is 5.48. The van der Waals surface area contributed by atoms with Crippen molar-refractivity contribution in [3.05, 3.63) is 63.0 Å².